The van der Waals surface area contributed by atoms with Crippen LogP contribution < -0.4 is 5.73 Å². The Labute approximate surface area is 128 Å². The van der Waals surface area contributed by atoms with Gasteiger partial charge in [-0.1, -0.05) is 24.6 Å². The molecule has 1 aromatic rings. The molecule has 102 valence electrons. The normalized spacial score (nSPS) is 24.7. The summed E-state index contributed by atoms with van der Waals surface area (Å²) in [7, 11) is 0. The summed E-state index contributed by atoms with van der Waals surface area (Å²) in [6.45, 7) is 5.38. The van der Waals surface area contributed by atoms with Crippen molar-refractivity contribution < 1.29 is 0 Å². The molecule has 1 fully saturated rings. The monoisotopic (exact) mass is 352 g/mol. The third-order valence-electron chi connectivity index (χ3n) is 3.45. The Balaban J connectivity index is 0.00000162. The van der Waals surface area contributed by atoms with Crippen molar-refractivity contribution in [2.75, 3.05) is 13.1 Å². The van der Waals surface area contributed by atoms with Gasteiger partial charge in [0.25, 0.3) is 0 Å². The van der Waals surface area contributed by atoms with Gasteiger partial charge in [0, 0.05) is 23.6 Å². The molecule has 0 spiro atoms. The van der Waals surface area contributed by atoms with Crippen LogP contribution in [0.1, 0.15) is 18.9 Å². The van der Waals surface area contributed by atoms with E-state index >= 15 is 0 Å². The molecule has 0 amide bonds. The highest BCUT2D eigenvalue weighted by molar-refractivity contribution is 9.10. The van der Waals surface area contributed by atoms with Crippen LogP contribution in [0.3, 0.4) is 0 Å². The third kappa shape index (κ3) is 4.10. The van der Waals surface area contributed by atoms with E-state index in [4.69, 9.17) is 17.3 Å². The van der Waals surface area contributed by atoms with Gasteiger partial charge in [0.1, 0.15) is 0 Å². The first kappa shape index (κ1) is 16.3. The Bertz CT molecular complexity index is 401. The van der Waals surface area contributed by atoms with Crippen LogP contribution in [0.5, 0.6) is 0 Å². The predicted octanol–water partition coefficient (Wildman–Crippen LogP) is 3.69. The number of likely N-dealkylation sites (tertiary alicyclic amines) is 1. The average molecular weight is 354 g/mol. The van der Waals surface area contributed by atoms with Gasteiger partial charge in [0.15, 0.2) is 0 Å². The first-order chi connectivity index (χ1) is 8.06. The molecule has 2 unspecified atom stereocenters. The molecule has 2 nitrogen and oxygen atoms in total. The van der Waals surface area contributed by atoms with Gasteiger partial charge >= 0.3 is 0 Å². The highest BCUT2D eigenvalue weighted by atomic mass is 79.9. The summed E-state index contributed by atoms with van der Waals surface area (Å²) < 4.78 is 0.971. The smallest absolute Gasteiger partial charge is 0.0548 e. The maximum atomic E-state index is 6.03. The molecule has 0 bridgehead atoms. The number of nitrogens with zero attached hydrogens (tertiary/aromatic N) is 1. The van der Waals surface area contributed by atoms with Crippen LogP contribution in [0.4, 0.5) is 0 Å². The van der Waals surface area contributed by atoms with E-state index < -0.39 is 0 Å². The van der Waals surface area contributed by atoms with Gasteiger partial charge in [-0.25, -0.2) is 0 Å². The number of hydrogen-bond acceptors (Lipinski definition) is 2. The molecule has 1 heterocycles. The minimum atomic E-state index is 0. The van der Waals surface area contributed by atoms with Crippen molar-refractivity contribution >= 4 is 39.9 Å². The molecule has 1 aromatic carbocycles. The zero-order valence-electron chi connectivity index (χ0n) is 10.4. The minimum Gasteiger partial charge on any atom is -0.327 e. The molecule has 2 rings (SSSR count). The quantitative estimate of drug-likeness (QED) is 0.878. The van der Waals surface area contributed by atoms with Crippen molar-refractivity contribution in [2.45, 2.75) is 25.9 Å². The van der Waals surface area contributed by atoms with Crippen molar-refractivity contribution in [1.82, 2.24) is 4.90 Å². The van der Waals surface area contributed by atoms with Gasteiger partial charge in [0.05, 0.1) is 5.02 Å². The minimum absolute atomic E-state index is 0. The maximum absolute atomic E-state index is 6.03. The summed E-state index contributed by atoms with van der Waals surface area (Å²) in [6.07, 6.45) is 1.09. The van der Waals surface area contributed by atoms with Gasteiger partial charge in [-0.2, -0.15) is 0 Å². The molecule has 1 saturated heterocycles. The first-order valence-corrected chi connectivity index (χ1v) is 7.15. The van der Waals surface area contributed by atoms with Crippen molar-refractivity contribution in [3.8, 4) is 0 Å². The molecule has 1 aliphatic rings. The van der Waals surface area contributed by atoms with Crippen molar-refractivity contribution in [2.24, 2.45) is 11.7 Å². The molecule has 18 heavy (non-hydrogen) atoms. The van der Waals surface area contributed by atoms with E-state index in [1.54, 1.807) is 0 Å². The highest BCUT2D eigenvalue weighted by Crippen LogP contribution is 2.25. The lowest BCUT2D eigenvalue weighted by molar-refractivity contribution is 0.158. The summed E-state index contributed by atoms with van der Waals surface area (Å²) in [6, 6.07) is 6.50. The number of piperidine rings is 1. The molecule has 5 heteroatoms. The Morgan fingerprint density at radius 3 is 2.83 bits per heavy atom. The Kier molecular flexibility index (Phi) is 6.42. The second kappa shape index (κ2) is 7.11. The Morgan fingerprint density at radius 2 is 2.22 bits per heavy atom. The van der Waals surface area contributed by atoms with Crippen molar-refractivity contribution in [3.05, 3.63) is 33.3 Å². The molecule has 0 radical (unpaired) electrons. The average Bonchev–Trinajstić information content (AvgIpc) is 2.29. The molecular formula is C13H19BrCl2N2. The van der Waals surface area contributed by atoms with E-state index in [9.17, 15) is 0 Å². The van der Waals surface area contributed by atoms with Gasteiger partial charge in [-0.15, -0.1) is 12.4 Å². The topological polar surface area (TPSA) is 29.3 Å². The van der Waals surface area contributed by atoms with Crippen molar-refractivity contribution in [3.63, 3.8) is 0 Å². The summed E-state index contributed by atoms with van der Waals surface area (Å²) in [5.74, 6) is 0.583. The van der Waals surface area contributed by atoms with E-state index in [1.807, 2.05) is 6.07 Å². The fourth-order valence-electron chi connectivity index (χ4n) is 2.29. The fraction of sp³-hybridized carbons (Fsp3) is 0.538. The van der Waals surface area contributed by atoms with E-state index in [-0.39, 0.29) is 12.4 Å². The lowest BCUT2D eigenvalue weighted by Crippen LogP contribution is -2.45. The number of hydrogen-bond donors (Lipinski definition) is 1. The van der Waals surface area contributed by atoms with Crippen LogP contribution in [0.25, 0.3) is 0 Å². The molecule has 0 saturated carbocycles. The molecular weight excluding hydrogens is 335 g/mol. The molecule has 2 N–H and O–H groups in total. The van der Waals surface area contributed by atoms with Gasteiger partial charge in [-0.05, 0) is 52.5 Å². The SMILES string of the molecule is CC1CN(Cc2ccc(Cl)c(Br)c2)CCC1N.Cl. The predicted molar refractivity (Wildman–Crippen MR) is 83.4 cm³/mol. The number of nitrogens with two attached hydrogens (primary N) is 1. The summed E-state index contributed by atoms with van der Waals surface area (Å²) >= 11 is 9.45. The van der Waals surface area contributed by atoms with Gasteiger partial charge in [-0.3, -0.25) is 4.90 Å². The third-order valence-corrected chi connectivity index (χ3v) is 4.66. The Morgan fingerprint density at radius 1 is 1.50 bits per heavy atom. The summed E-state index contributed by atoms with van der Waals surface area (Å²) in [5.41, 5.74) is 7.32. The lowest BCUT2D eigenvalue weighted by atomic mass is 9.94. The standard InChI is InChI=1S/C13H18BrClN2.ClH/c1-9-7-17(5-4-13(9)16)8-10-2-3-12(15)11(14)6-10;/h2-3,6,9,13H,4-5,7-8,16H2,1H3;1H. The van der Waals surface area contributed by atoms with Crippen LogP contribution in [0.2, 0.25) is 5.02 Å². The number of benzene rings is 1. The molecule has 0 aliphatic carbocycles. The van der Waals surface area contributed by atoms with Crippen molar-refractivity contribution in [1.29, 1.82) is 0 Å². The number of halogens is 3. The second-order valence-corrected chi connectivity index (χ2v) is 6.17. The van der Waals surface area contributed by atoms with Crippen LogP contribution in [0.15, 0.2) is 22.7 Å². The lowest BCUT2D eigenvalue weighted by Gasteiger charge is -2.35. The molecule has 1 aliphatic heterocycles. The van der Waals surface area contributed by atoms with Crippen LogP contribution in [-0.2, 0) is 6.54 Å². The zero-order chi connectivity index (χ0) is 12.4. The van der Waals surface area contributed by atoms with Crippen LogP contribution >= 0.6 is 39.9 Å². The number of rotatable bonds is 2. The maximum Gasteiger partial charge on any atom is 0.0548 e. The Hall–Kier alpha value is 0.200. The molecule has 0 aromatic heterocycles. The highest BCUT2D eigenvalue weighted by Gasteiger charge is 2.22. The van der Waals surface area contributed by atoms with Crippen LogP contribution in [0, 0.1) is 5.92 Å². The van der Waals surface area contributed by atoms with E-state index in [1.165, 1.54) is 5.56 Å². The summed E-state index contributed by atoms with van der Waals surface area (Å²) in [4.78, 5) is 2.46. The second-order valence-electron chi connectivity index (χ2n) is 4.91. The van der Waals surface area contributed by atoms with E-state index in [2.05, 4.69) is 39.9 Å². The van der Waals surface area contributed by atoms with Gasteiger partial charge in [0.2, 0.25) is 0 Å². The van der Waals surface area contributed by atoms with Gasteiger partial charge < -0.3 is 5.73 Å². The first-order valence-electron chi connectivity index (χ1n) is 5.98. The van der Waals surface area contributed by atoms with Crippen LogP contribution in [-0.4, -0.2) is 24.0 Å². The largest absolute Gasteiger partial charge is 0.327 e. The van der Waals surface area contributed by atoms with E-state index in [0.29, 0.717) is 12.0 Å². The molecule has 2 atom stereocenters. The van der Waals surface area contributed by atoms with E-state index in [0.717, 1.165) is 35.6 Å². The fourth-order valence-corrected chi connectivity index (χ4v) is 2.83. The zero-order valence-corrected chi connectivity index (χ0v) is 13.6. The summed E-state index contributed by atoms with van der Waals surface area (Å²) in [5, 5.41) is 0.766.